The van der Waals surface area contributed by atoms with E-state index in [4.69, 9.17) is 23.1 Å². The molecule has 5 nitrogen and oxygen atoms in total. The lowest BCUT2D eigenvalue weighted by atomic mass is 10.2. The van der Waals surface area contributed by atoms with Crippen molar-refractivity contribution in [3.63, 3.8) is 0 Å². The van der Waals surface area contributed by atoms with Gasteiger partial charge >= 0.3 is 0 Å². The Balaban J connectivity index is 2.14. The first-order chi connectivity index (χ1) is 9.47. The van der Waals surface area contributed by atoms with E-state index in [1.807, 2.05) is 24.3 Å². The molecule has 0 aliphatic carbocycles. The number of nitrogen functional groups attached to an aromatic ring is 1. The molecule has 0 saturated heterocycles. The number of halogens is 1. The molecule has 0 saturated carbocycles. The van der Waals surface area contributed by atoms with Crippen LogP contribution in [-0.2, 0) is 5.75 Å². The smallest absolute Gasteiger partial charge is 0.254 e. The predicted molar refractivity (Wildman–Crippen MR) is 80.7 cm³/mol. The molecule has 1 amide bonds. The maximum atomic E-state index is 11.2. The largest absolute Gasteiger partial charge is 0.383 e. The standard InChI is InChI=1S/C13H13ClN4OS/c1-7-11(13(16)19)12(15)18-10(17-7)6-20-9-4-2-8(14)3-5-9/h2-5H,6H2,1H3,(H2,16,19)(H2,15,17,18). The van der Waals surface area contributed by atoms with Gasteiger partial charge in [-0.1, -0.05) is 11.6 Å². The molecule has 20 heavy (non-hydrogen) atoms. The van der Waals surface area contributed by atoms with Crippen molar-refractivity contribution in [2.75, 3.05) is 5.73 Å². The second-order valence-electron chi connectivity index (χ2n) is 4.09. The van der Waals surface area contributed by atoms with E-state index in [1.165, 1.54) is 0 Å². The van der Waals surface area contributed by atoms with Gasteiger partial charge in [0.05, 0.1) is 11.4 Å². The summed E-state index contributed by atoms with van der Waals surface area (Å²) in [5.41, 5.74) is 11.6. The minimum atomic E-state index is -0.614. The van der Waals surface area contributed by atoms with E-state index >= 15 is 0 Å². The van der Waals surface area contributed by atoms with E-state index in [-0.39, 0.29) is 11.4 Å². The van der Waals surface area contributed by atoms with Crippen LogP contribution in [0.15, 0.2) is 29.2 Å². The number of benzene rings is 1. The van der Waals surface area contributed by atoms with Gasteiger partial charge in [-0.05, 0) is 31.2 Å². The van der Waals surface area contributed by atoms with Crippen molar-refractivity contribution in [2.24, 2.45) is 5.73 Å². The Morgan fingerprint density at radius 1 is 1.30 bits per heavy atom. The maximum Gasteiger partial charge on any atom is 0.254 e. The minimum absolute atomic E-state index is 0.122. The Hall–Kier alpha value is -1.79. The average molecular weight is 309 g/mol. The highest BCUT2D eigenvalue weighted by Crippen LogP contribution is 2.24. The number of amides is 1. The van der Waals surface area contributed by atoms with Gasteiger partial charge < -0.3 is 11.5 Å². The van der Waals surface area contributed by atoms with Crippen LogP contribution in [0.3, 0.4) is 0 Å². The van der Waals surface area contributed by atoms with Gasteiger partial charge in [0.15, 0.2) is 0 Å². The Labute approximate surface area is 125 Å². The number of hydrogen-bond acceptors (Lipinski definition) is 5. The van der Waals surface area contributed by atoms with Crippen LogP contribution in [0.5, 0.6) is 0 Å². The first-order valence-electron chi connectivity index (χ1n) is 5.78. The van der Waals surface area contributed by atoms with Gasteiger partial charge in [0.2, 0.25) is 0 Å². The van der Waals surface area contributed by atoms with Gasteiger partial charge in [-0.25, -0.2) is 9.97 Å². The molecule has 7 heteroatoms. The third-order valence-corrected chi connectivity index (χ3v) is 3.85. The summed E-state index contributed by atoms with van der Waals surface area (Å²) in [6.45, 7) is 1.69. The monoisotopic (exact) mass is 308 g/mol. The summed E-state index contributed by atoms with van der Waals surface area (Å²) in [5.74, 6) is 0.615. The van der Waals surface area contributed by atoms with Gasteiger partial charge in [0, 0.05) is 9.92 Å². The lowest BCUT2D eigenvalue weighted by molar-refractivity contribution is 0.1000. The number of rotatable bonds is 4. The highest BCUT2D eigenvalue weighted by Gasteiger charge is 2.14. The summed E-state index contributed by atoms with van der Waals surface area (Å²) in [6, 6.07) is 7.48. The van der Waals surface area contributed by atoms with Gasteiger partial charge in [0.25, 0.3) is 5.91 Å². The number of carbonyl (C=O) groups is 1. The first-order valence-corrected chi connectivity index (χ1v) is 7.15. The molecule has 0 unspecified atom stereocenters. The van der Waals surface area contributed by atoms with Gasteiger partial charge in [-0.3, -0.25) is 4.79 Å². The molecule has 0 aliphatic rings. The van der Waals surface area contributed by atoms with Crippen LogP contribution in [0.2, 0.25) is 5.02 Å². The van der Waals surface area contributed by atoms with Crippen molar-refractivity contribution in [3.05, 3.63) is 46.4 Å². The first kappa shape index (κ1) is 14.6. The minimum Gasteiger partial charge on any atom is -0.383 e. The number of hydrogen-bond donors (Lipinski definition) is 2. The number of carbonyl (C=O) groups excluding carboxylic acids is 1. The molecule has 0 bridgehead atoms. The van der Waals surface area contributed by atoms with Crippen LogP contribution < -0.4 is 11.5 Å². The van der Waals surface area contributed by atoms with Crippen molar-refractivity contribution in [2.45, 2.75) is 17.6 Å². The lowest BCUT2D eigenvalue weighted by Gasteiger charge is -2.07. The van der Waals surface area contributed by atoms with E-state index in [0.717, 1.165) is 4.90 Å². The van der Waals surface area contributed by atoms with Crippen molar-refractivity contribution in [1.29, 1.82) is 0 Å². The molecular weight excluding hydrogens is 296 g/mol. The van der Waals surface area contributed by atoms with Crippen molar-refractivity contribution in [1.82, 2.24) is 9.97 Å². The van der Waals surface area contributed by atoms with E-state index in [1.54, 1.807) is 18.7 Å². The normalized spacial score (nSPS) is 10.5. The Kier molecular flexibility index (Phi) is 4.46. The number of nitrogens with zero attached hydrogens (tertiary/aromatic N) is 2. The molecule has 1 aromatic carbocycles. The molecule has 4 N–H and O–H groups in total. The molecule has 0 radical (unpaired) electrons. The van der Waals surface area contributed by atoms with Gasteiger partial charge in [-0.15, -0.1) is 11.8 Å². The molecule has 0 atom stereocenters. The van der Waals surface area contributed by atoms with Crippen LogP contribution >= 0.6 is 23.4 Å². The highest BCUT2D eigenvalue weighted by atomic mass is 35.5. The van der Waals surface area contributed by atoms with Crippen LogP contribution in [0.25, 0.3) is 0 Å². The molecule has 1 heterocycles. The molecule has 104 valence electrons. The van der Waals surface area contributed by atoms with E-state index in [0.29, 0.717) is 22.3 Å². The second-order valence-corrected chi connectivity index (χ2v) is 5.58. The Morgan fingerprint density at radius 3 is 2.50 bits per heavy atom. The SMILES string of the molecule is Cc1nc(CSc2ccc(Cl)cc2)nc(N)c1C(N)=O. The third kappa shape index (κ3) is 3.40. The van der Waals surface area contributed by atoms with Gasteiger partial charge in [0.1, 0.15) is 17.2 Å². The van der Waals surface area contributed by atoms with E-state index in [9.17, 15) is 4.79 Å². The van der Waals surface area contributed by atoms with Crippen LogP contribution in [0.4, 0.5) is 5.82 Å². The second kappa shape index (κ2) is 6.11. The fourth-order valence-corrected chi connectivity index (χ4v) is 2.58. The molecule has 2 aromatic rings. The molecular formula is C13H13ClN4OS. The summed E-state index contributed by atoms with van der Waals surface area (Å²) in [4.78, 5) is 20.6. The highest BCUT2D eigenvalue weighted by molar-refractivity contribution is 7.98. The zero-order valence-corrected chi connectivity index (χ0v) is 12.3. The summed E-state index contributed by atoms with van der Waals surface area (Å²) in [5, 5.41) is 0.691. The zero-order valence-electron chi connectivity index (χ0n) is 10.8. The molecule has 0 fully saturated rings. The fourth-order valence-electron chi connectivity index (χ4n) is 1.70. The zero-order chi connectivity index (χ0) is 14.7. The number of anilines is 1. The summed E-state index contributed by atoms with van der Waals surface area (Å²) in [7, 11) is 0. The summed E-state index contributed by atoms with van der Waals surface area (Å²) in [6.07, 6.45) is 0. The van der Waals surface area contributed by atoms with Crippen LogP contribution in [0.1, 0.15) is 21.9 Å². The summed E-state index contributed by atoms with van der Waals surface area (Å²) < 4.78 is 0. The van der Waals surface area contributed by atoms with E-state index in [2.05, 4.69) is 9.97 Å². The van der Waals surface area contributed by atoms with Crippen molar-refractivity contribution < 1.29 is 4.79 Å². The summed E-state index contributed by atoms with van der Waals surface area (Å²) >= 11 is 7.38. The predicted octanol–water partition coefficient (Wildman–Crippen LogP) is 2.41. The Morgan fingerprint density at radius 2 is 1.95 bits per heavy atom. The maximum absolute atomic E-state index is 11.2. The molecule has 0 aliphatic heterocycles. The lowest BCUT2D eigenvalue weighted by Crippen LogP contribution is -2.18. The number of aryl methyl sites for hydroxylation is 1. The van der Waals surface area contributed by atoms with Crippen LogP contribution in [-0.4, -0.2) is 15.9 Å². The number of nitrogens with two attached hydrogens (primary N) is 2. The molecule has 1 aromatic heterocycles. The topological polar surface area (TPSA) is 94.9 Å². The quantitative estimate of drug-likeness (QED) is 0.846. The van der Waals surface area contributed by atoms with Crippen molar-refractivity contribution in [3.8, 4) is 0 Å². The molecule has 2 rings (SSSR count). The average Bonchev–Trinajstić information content (AvgIpc) is 2.37. The van der Waals surface area contributed by atoms with Gasteiger partial charge in [-0.2, -0.15) is 0 Å². The Bertz CT molecular complexity index is 622. The fraction of sp³-hybridized carbons (Fsp3) is 0.154. The number of primary amides is 1. The van der Waals surface area contributed by atoms with E-state index < -0.39 is 5.91 Å². The number of thioether (sulfide) groups is 1. The third-order valence-electron chi connectivity index (χ3n) is 2.59. The van der Waals surface area contributed by atoms with Crippen LogP contribution in [0, 0.1) is 6.92 Å². The number of aromatic nitrogens is 2. The molecule has 0 spiro atoms. The van der Waals surface area contributed by atoms with Crippen molar-refractivity contribution >= 4 is 35.1 Å².